The molecule has 1 atom stereocenters. The third-order valence-electron chi connectivity index (χ3n) is 1.97. The van der Waals surface area contributed by atoms with E-state index in [-0.39, 0.29) is 18.0 Å². The van der Waals surface area contributed by atoms with Crippen LogP contribution in [-0.2, 0) is 20.8 Å². The summed E-state index contributed by atoms with van der Waals surface area (Å²) >= 11 is 0. The molecule has 0 bridgehead atoms. The van der Waals surface area contributed by atoms with Crippen molar-refractivity contribution in [1.82, 2.24) is 4.72 Å². The maximum Gasteiger partial charge on any atom is 0.246 e. The summed E-state index contributed by atoms with van der Waals surface area (Å²) < 4.78 is 62.8. The number of rotatable bonds is 5. The molecule has 1 rings (SSSR count). The average Bonchev–Trinajstić information content (AvgIpc) is 2.13. The Morgan fingerprint density at radius 3 is 2.28 bits per heavy atom. The Bertz CT molecular complexity index is 552. The summed E-state index contributed by atoms with van der Waals surface area (Å²) in [6.07, 6.45) is 1.39. The van der Waals surface area contributed by atoms with Crippen molar-refractivity contribution in [2.75, 3.05) is 24.3 Å². The first-order chi connectivity index (χ1) is 8.24. The first-order valence-corrected chi connectivity index (χ1v) is 7.99. The van der Waals surface area contributed by atoms with E-state index in [1.54, 1.807) is 0 Å². The maximum atomic E-state index is 13.4. The van der Waals surface area contributed by atoms with Crippen molar-refractivity contribution < 1.29 is 21.4 Å². The number of nitrogen functional groups attached to an aromatic ring is 1. The third kappa shape index (κ3) is 3.72. The lowest BCUT2D eigenvalue weighted by molar-refractivity contribution is 0.515. The van der Waals surface area contributed by atoms with E-state index in [2.05, 4.69) is 0 Å². The van der Waals surface area contributed by atoms with Gasteiger partial charge < -0.3 is 5.73 Å². The Morgan fingerprint density at radius 2 is 1.83 bits per heavy atom. The summed E-state index contributed by atoms with van der Waals surface area (Å²) in [5.41, 5.74) is 4.97. The zero-order valence-electron chi connectivity index (χ0n) is 9.44. The Hall–Kier alpha value is -1.06. The second-order valence-corrected chi connectivity index (χ2v) is 6.75. The lowest BCUT2D eigenvalue weighted by atomic mass is 10.3. The fourth-order valence-electron chi connectivity index (χ4n) is 1.23. The van der Waals surface area contributed by atoms with E-state index in [1.807, 2.05) is 4.72 Å². The smallest absolute Gasteiger partial charge is 0.246 e. The van der Waals surface area contributed by atoms with Gasteiger partial charge in [-0.25, -0.2) is 21.9 Å². The van der Waals surface area contributed by atoms with Crippen LogP contribution in [0.2, 0.25) is 0 Å². The molecular formula is C9H12F2N2O3S2. The zero-order valence-corrected chi connectivity index (χ0v) is 11.1. The lowest BCUT2D eigenvalue weighted by Crippen LogP contribution is -2.29. The van der Waals surface area contributed by atoms with E-state index in [1.165, 1.54) is 6.26 Å². The highest BCUT2D eigenvalue weighted by atomic mass is 32.2. The molecule has 0 radical (unpaired) electrons. The van der Waals surface area contributed by atoms with Crippen LogP contribution in [0.1, 0.15) is 0 Å². The molecule has 1 aromatic rings. The largest absolute Gasteiger partial charge is 0.399 e. The molecule has 102 valence electrons. The predicted octanol–water partition coefficient (Wildman–Crippen LogP) is 0.204. The van der Waals surface area contributed by atoms with E-state index in [4.69, 9.17) is 5.73 Å². The molecule has 5 nitrogen and oxygen atoms in total. The molecule has 1 aromatic carbocycles. The number of sulfonamides is 1. The van der Waals surface area contributed by atoms with E-state index in [9.17, 15) is 21.4 Å². The van der Waals surface area contributed by atoms with Crippen molar-refractivity contribution in [1.29, 1.82) is 0 Å². The van der Waals surface area contributed by atoms with Gasteiger partial charge in [0.2, 0.25) is 10.0 Å². The van der Waals surface area contributed by atoms with Crippen LogP contribution < -0.4 is 10.5 Å². The zero-order chi connectivity index (χ0) is 13.9. The van der Waals surface area contributed by atoms with Gasteiger partial charge in [0.05, 0.1) is 0 Å². The van der Waals surface area contributed by atoms with Gasteiger partial charge in [0.1, 0.15) is 11.6 Å². The highest BCUT2D eigenvalue weighted by Crippen LogP contribution is 2.21. The van der Waals surface area contributed by atoms with Crippen molar-refractivity contribution in [2.24, 2.45) is 0 Å². The minimum atomic E-state index is -4.32. The van der Waals surface area contributed by atoms with Crippen LogP contribution in [0.15, 0.2) is 17.0 Å². The van der Waals surface area contributed by atoms with Crippen LogP contribution >= 0.6 is 0 Å². The number of anilines is 1. The van der Waals surface area contributed by atoms with Gasteiger partial charge in [-0.3, -0.25) is 4.21 Å². The predicted molar refractivity (Wildman–Crippen MR) is 64.9 cm³/mol. The van der Waals surface area contributed by atoms with Crippen LogP contribution in [-0.4, -0.2) is 31.2 Å². The number of nitrogens with two attached hydrogens (primary N) is 1. The van der Waals surface area contributed by atoms with Crippen molar-refractivity contribution in [3.05, 3.63) is 23.8 Å². The second kappa shape index (κ2) is 5.72. The Morgan fingerprint density at radius 1 is 1.33 bits per heavy atom. The molecule has 0 saturated carbocycles. The molecule has 3 N–H and O–H groups in total. The molecule has 1 unspecified atom stereocenters. The van der Waals surface area contributed by atoms with Crippen LogP contribution in [0.3, 0.4) is 0 Å². The Kier molecular flexibility index (Phi) is 4.77. The molecule has 0 amide bonds. The fourth-order valence-corrected chi connectivity index (χ4v) is 2.89. The number of hydrogen-bond donors (Lipinski definition) is 2. The quantitative estimate of drug-likeness (QED) is 0.760. The van der Waals surface area contributed by atoms with Gasteiger partial charge in [0.25, 0.3) is 0 Å². The summed E-state index contributed by atoms with van der Waals surface area (Å²) in [6.45, 7) is -0.172. The van der Waals surface area contributed by atoms with Gasteiger partial charge in [-0.05, 0) is 12.1 Å². The van der Waals surface area contributed by atoms with Gasteiger partial charge in [0.15, 0.2) is 4.90 Å². The standard InChI is InChI=1S/C9H12F2N2O3S2/c1-17(14)3-2-13-18(15,16)9-7(10)4-6(12)5-8(9)11/h4-5,13H,2-3,12H2,1H3. The average molecular weight is 298 g/mol. The molecule has 9 heteroatoms. The maximum absolute atomic E-state index is 13.4. The molecule has 0 heterocycles. The highest BCUT2D eigenvalue weighted by molar-refractivity contribution is 7.89. The summed E-state index contributed by atoms with van der Waals surface area (Å²) in [5, 5.41) is 0. The van der Waals surface area contributed by atoms with Gasteiger partial charge in [0, 0.05) is 35.0 Å². The monoisotopic (exact) mass is 298 g/mol. The first-order valence-electron chi connectivity index (χ1n) is 4.78. The van der Waals surface area contributed by atoms with Crippen molar-refractivity contribution in [3.63, 3.8) is 0 Å². The molecule has 18 heavy (non-hydrogen) atoms. The highest BCUT2D eigenvalue weighted by Gasteiger charge is 2.24. The molecule has 0 spiro atoms. The molecular weight excluding hydrogens is 286 g/mol. The third-order valence-corrected chi connectivity index (χ3v) is 4.26. The van der Waals surface area contributed by atoms with E-state index in [0.29, 0.717) is 0 Å². The normalized spacial score (nSPS) is 13.5. The summed E-state index contributed by atoms with van der Waals surface area (Å²) in [4.78, 5) is -1.08. The molecule has 0 aliphatic carbocycles. The van der Waals surface area contributed by atoms with E-state index in [0.717, 1.165) is 12.1 Å². The van der Waals surface area contributed by atoms with Crippen LogP contribution in [0.25, 0.3) is 0 Å². The summed E-state index contributed by atoms with van der Waals surface area (Å²) in [7, 11) is -5.53. The SMILES string of the molecule is CS(=O)CCNS(=O)(=O)c1c(F)cc(N)cc1F. The van der Waals surface area contributed by atoms with Crippen molar-refractivity contribution >= 4 is 26.5 Å². The first kappa shape index (κ1) is 15.0. The summed E-state index contributed by atoms with van der Waals surface area (Å²) in [6, 6.07) is 1.44. The van der Waals surface area contributed by atoms with Crippen molar-refractivity contribution in [2.45, 2.75) is 4.90 Å². The van der Waals surface area contributed by atoms with Gasteiger partial charge in [-0.1, -0.05) is 0 Å². The molecule has 0 saturated heterocycles. The van der Waals surface area contributed by atoms with Crippen LogP contribution in [0, 0.1) is 11.6 Å². The Balaban J connectivity index is 3.02. The minimum Gasteiger partial charge on any atom is -0.399 e. The number of halogens is 2. The van der Waals surface area contributed by atoms with Crippen LogP contribution in [0.5, 0.6) is 0 Å². The molecule has 0 aliphatic heterocycles. The van der Waals surface area contributed by atoms with Crippen molar-refractivity contribution in [3.8, 4) is 0 Å². The minimum absolute atomic E-state index is 0.0530. The van der Waals surface area contributed by atoms with Gasteiger partial charge in [-0.15, -0.1) is 0 Å². The second-order valence-electron chi connectivity index (χ2n) is 3.49. The summed E-state index contributed by atoms with van der Waals surface area (Å²) in [5.74, 6) is -2.48. The Labute approximate surface area is 106 Å². The van der Waals surface area contributed by atoms with E-state index >= 15 is 0 Å². The molecule has 0 aliphatic rings. The van der Waals surface area contributed by atoms with Crippen LogP contribution in [0.4, 0.5) is 14.5 Å². The number of hydrogen-bond acceptors (Lipinski definition) is 4. The molecule has 0 aromatic heterocycles. The molecule has 0 fully saturated rings. The fraction of sp³-hybridized carbons (Fsp3) is 0.333. The topological polar surface area (TPSA) is 89.3 Å². The lowest BCUT2D eigenvalue weighted by Gasteiger charge is -2.08. The number of nitrogens with one attached hydrogen (secondary N) is 1. The van der Waals surface area contributed by atoms with E-state index < -0.39 is 37.4 Å². The van der Waals surface area contributed by atoms with Gasteiger partial charge >= 0.3 is 0 Å². The number of benzene rings is 1. The van der Waals surface area contributed by atoms with Gasteiger partial charge in [-0.2, -0.15) is 0 Å².